The molecule has 0 saturated carbocycles. The quantitative estimate of drug-likeness (QED) is 0.570. The van der Waals surface area contributed by atoms with Gasteiger partial charge < -0.3 is 15.5 Å². The number of aliphatic carboxylic acids is 1. The van der Waals surface area contributed by atoms with Crippen LogP contribution in [0, 0.1) is 0 Å². The second-order valence-corrected chi connectivity index (χ2v) is 2.95. The lowest BCUT2D eigenvalue weighted by atomic mass is 10.2. The highest BCUT2D eigenvalue weighted by Crippen LogP contribution is 1.96. The predicted octanol–water partition coefficient (Wildman–Crippen LogP) is -1.40. The van der Waals surface area contributed by atoms with Crippen molar-refractivity contribution in [3.63, 3.8) is 0 Å². The van der Waals surface area contributed by atoms with Gasteiger partial charge >= 0.3 is 5.97 Å². The molecule has 1 aromatic rings. The Morgan fingerprint density at radius 2 is 2.33 bits per heavy atom. The lowest BCUT2D eigenvalue weighted by Crippen LogP contribution is -2.43. The van der Waals surface area contributed by atoms with E-state index in [1.807, 2.05) is 0 Å². The highest BCUT2D eigenvalue weighted by molar-refractivity contribution is 5.96. The third-order valence-corrected chi connectivity index (χ3v) is 1.75. The van der Waals surface area contributed by atoms with Crippen molar-refractivity contribution in [1.82, 2.24) is 15.1 Å². The summed E-state index contributed by atoms with van der Waals surface area (Å²) in [5, 5.41) is 23.2. The molecule has 15 heavy (non-hydrogen) atoms. The van der Waals surface area contributed by atoms with Crippen molar-refractivity contribution in [3.05, 3.63) is 18.0 Å². The fraction of sp³-hybridized carbons (Fsp3) is 0.375. The molecule has 3 N–H and O–H groups in total. The van der Waals surface area contributed by atoms with E-state index in [0.717, 1.165) is 0 Å². The molecule has 1 aromatic heterocycles. The maximum absolute atomic E-state index is 11.4. The van der Waals surface area contributed by atoms with Gasteiger partial charge in [-0.2, -0.15) is 5.10 Å². The Balaban J connectivity index is 2.66. The number of carbonyl (C=O) groups is 2. The normalized spacial score (nSPS) is 12.1. The van der Waals surface area contributed by atoms with E-state index in [-0.39, 0.29) is 5.56 Å². The van der Waals surface area contributed by atoms with Crippen LogP contribution in [0.3, 0.4) is 0 Å². The zero-order chi connectivity index (χ0) is 11.4. The summed E-state index contributed by atoms with van der Waals surface area (Å²) < 4.78 is 1.42. The van der Waals surface area contributed by atoms with Crippen LogP contribution in [0.25, 0.3) is 0 Å². The Morgan fingerprint density at radius 1 is 1.67 bits per heavy atom. The second kappa shape index (κ2) is 4.56. The Morgan fingerprint density at radius 3 is 2.73 bits per heavy atom. The zero-order valence-electron chi connectivity index (χ0n) is 8.04. The van der Waals surface area contributed by atoms with Gasteiger partial charge in [-0.05, 0) is 0 Å². The van der Waals surface area contributed by atoms with E-state index >= 15 is 0 Å². The molecule has 1 amide bonds. The van der Waals surface area contributed by atoms with Crippen LogP contribution in [0.2, 0.25) is 0 Å². The molecule has 82 valence electrons. The highest BCUT2D eigenvalue weighted by atomic mass is 16.4. The van der Waals surface area contributed by atoms with Crippen LogP contribution in [0.5, 0.6) is 0 Å². The van der Waals surface area contributed by atoms with Crippen LogP contribution in [-0.2, 0) is 11.8 Å². The van der Waals surface area contributed by atoms with Crippen molar-refractivity contribution < 1.29 is 19.8 Å². The molecule has 0 aromatic carbocycles. The number of nitrogens with one attached hydrogen (secondary N) is 1. The molecule has 0 aliphatic rings. The molecular formula is C8H11N3O4. The van der Waals surface area contributed by atoms with Crippen LogP contribution in [0.4, 0.5) is 0 Å². The van der Waals surface area contributed by atoms with Gasteiger partial charge in [-0.15, -0.1) is 0 Å². The molecule has 0 radical (unpaired) electrons. The van der Waals surface area contributed by atoms with Crippen LogP contribution in [0.15, 0.2) is 12.4 Å². The molecule has 1 atom stereocenters. The summed E-state index contributed by atoms with van der Waals surface area (Å²) in [6, 6.07) is -1.29. The molecule has 1 rings (SSSR count). The number of hydrogen-bond donors (Lipinski definition) is 3. The topological polar surface area (TPSA) is 104 Å². The molecule has 1 heterocycles. The smallest absolute Gasteiger partial charge is 0.328 e. The first-order valence-corrected chi connectivity index (χ1v) is 4.17. The molecule has 0 unspecified atom stereocenters. The van der Waals surface area contributed by atoms with Crippen LogP contribution >= 0.6 is 0 Å². The summed E-state index contributed by atoms with van der Waals surface area (Å²) >= 11 is 0. The molecule has 0 aliphatic carbocycles. The fourth-order valence-electron chi connectivity index (χ4n) is 0.966. The molecule has 7 heteroatoms. The standard InChI is InChI=1S/C8H11N3O4/c1-11-3-5(2-9-11)7(13)10-6(4-12)8(14)15/h2-3,6,12H,4H2,1H3,(H,10,13)(H,14,15)/t6-/m1/s1. The number of hydrogen-bond acceptors (Lipinski definition) is 4. The number of aryl methyl sites for hydroxylation is 1. The van der Waals surface area contributed by atoms with Crippen LogP contribution < -0.4 is 5.32 Å². The largest absolute Gasteiger partial charge is 0.480 e. The number of carboxylic acids is 1. The summed E-state index contributed by atoms with van der Waals surface area (Å²) in [7, 11) is 1.64. The fourth-order valence-corrected chi connectivity index (χ4v) is 0.966. The van der Waals surface area contributed by atoms with Gasteiger partial charge in [0, 0.05) is 13.2 Å². The van der Waals surface area contributed by atoms with Gasteiger partial charge in [-0.1, -0.05) is 0 Å². The van der Waals surface area contributed by atoms with Crippen molar-refractivity contribution in [2.45, 2.75) is 6.04 Å². The first-order valence-electron chi connectivity index (χ1n) is 4.17. The number of amides is 1. The number of aliphatic hydroxyl groups excluding tert-OH is 1. The third-order valence-electron chi connectivity index (χ3n) is 1.75. The molecular weight excluding hydrogens is 202 g/mol. The second-order valence-electron chi connectivity index (χ2n) is 2.95. The van der Waals surface area contributed by atoms with Gasteiger partial charge in [0.25, 0.3) is 5.91 Å². The Hall–Kier alpha value is -1.89. The Kier molecular flexibility index (Phi) is 3.40. The number of nitrogens with zero attached hydrogens (tertiary/aromatic N) is 2. The summed E-state index contributed by atoms with van der Waals surface area (Å²) in [6.45, 7) is -0.651. The highest BCUT2D eigenvalue weighted by Gasteiger charge is 2.19. The monoisotopic (exact) mass is 213 g/mol. The van der Waals surface area contributed by atoms with E-state index in [0.29, 0.717) is 0 Å². The van der Waals surface area contributed by atoms with E-state index < -0.39 is 24.5 Å². The number of carbonyl (C=O) groups excluding carboxylic acids is 1. The van der Waals surface area contributed by atoms with Crippen molar-refractivity contribution in [3.8, 4) is 0 Å². The van der Waals surface area contributed by atoms with E-state index in [9.17, 15) is 9.59 Å². The molecule has 0 spiro atoms. The van der Waals surface area contributed by atoms with E-state index in [1.54, 1.807) is 7.05 Å². The van der Waals surface area contributed by atoms with Gasteiger partial charge in [0.05, 0.1) is 18.4 Å². The zero-order valence-corrected chi connectivity index (χ0v) is 8.04. The molecule has 0 bridgehead atoms. The van der Waals surface area contributed by atoms with Crippen molar-refractivity contribution >= 4 is 11.9 Å². The minimum atomic E-state index is -1.29. The number of carboxylic acid groups (broad SMARTS) is 1. The maximum atomic E-state index is 11.4. The first kappa shape index (κ1) is 11.2. The van der Waals surface area contributed by atoms with Crippen molar-refractivity contribution in [2.75, 3.05) is 6.61 Å². The third kappa shape index (κ3) is 2.78. The van der Waals surface area contributed by atoms with Crippen molar-refractivity contribution in [2.24, 2.45) is 7.05 Å². The summed E-state index contributed by atoms with van der Waals surface area (Å²) in [5.74, 6) is -1.86. The molecule has 7 nitrogen and oxygen atoms in total. The van der Waals surface area contributed by atoms with Gasteiger partial charge in [0.15, 0.2) is 6.04 Å². The summed E-state index contributed by atoms with van der Waals surface area (Å²) in [5.41, 5.74) is 0.247. The SMILES string of the molecule is Cn1cc(C(=O)N[C@H](CO)C(=O)O)cn1. The molecule has 0 fully saturated rings. The Bertz CT molecular complexity index is 374. The van der Waals surface area contributed by atoms with Crippen molar-refractivity contribution in [1.29, 1.82) is 0 Å². The van der Waals surface area contributed by atoms with Gasteiger partial charge in [0.1, 0.15) is 0 Å². The lowest BCUT2D eigenvalue weighted by molar-refractivity contribution is -0.140. The number of aromatic nitrogens is 2. The lowest BCUT2D eigenvalue weighted by Gasteiger charge is -2.09. The molecule has 0 aliphatic heterocycles. The predicted molar refractivity (Wildman–Crippen MR) is 49.2 cm³/mol. The minimum Gasteiger partial charge on any atom is -0.480 e. The average Bonchev–Trinajstić information content (AvgIpc) is 2.60. The van der Waals surface area contributed by atoms with Crippen LogP contribution in [-0.4, -0.2) is 44.5 Å². The first-order chi connectivity index (χ1) is 7.04. The van der Waals surface area contributed by atoms with E-state index in [1.165, 1.54) is 17.1 Å². The average molecular weight is 213 g/mol. The molecule has 0 saturated heterocycles. The van der Waals surface area contributed by atoms with Gasteiger partial charge in [0.2, 0.25) is 0 Å². The van der Waals surface area contributed by atoms with E-state index in [2.05, 4.69) is 10.4 Å². The van der Waals surface area contributed by atoms with E-state index in [4.69, 9.17) is 10.2 Å². The Labute approximate surface area is 85.3 Å². The van der Waals surface area contributed by atoms with Crippen LogP contribution in [0.1, 0.15) is 10.4 Å². The number of rotatable bonds is 4. The van der Waals surface area contributed by atoms with Gasteiger partial charge in [-0.3, -0.25) is 9.48 Å². The summed E-state index contributed by atoms with van der Waals surface area (Å²) in [6.07, 6.45) is 2.76. The minimum absolute atomic E-state index is 0.247. The maximum Gasteiger partial charge on any atom is 0.328 e. The number of aliphatic hydroxyl groups is 1. The van der Waals surface area contributed by atoms with Gasteiger partial charge in [-0.25, -0.2) is 4.79 Å². The summed E-state index contributed by atoms with van der Waals surface area (Å²) in [4.78, 5) is 21.9.